The van der Waals surface area contributed by atoms with Gasteiger partial charge in [-0.3, -0.25) is 0 Å². The minimum Gasteiger partial charge on any atom is -0.456 e. The quantitative estimate of drug-likeness (QED) is 0.177. The molecule has 9 aromatic rings. The smallest absolute Gasteiger partial charge is 0.164 e. The summed E-state index contributed by atoms with van der Waals surface area (Å²) in [5.74, 6) is 3.50. The Balaban J connectivity index is 1.11. The highest BCUT2D eigenvalue weighted by Gasteiger charge is 2.25. The molecule has 0 atom stereocenters. The molecule has 1 aliphatic rings. The van der Waals surface area contributed by atoms with Crippen LogP contribution in [0.4, 0.5) is 17.1 Å². The van der Waals surface area contributed by atoms with E-state index in [-0.39, 0.29) is 0 Å². The van der Waals surface area contributed by atoms with Gasteiger partial charge in [-0.2, -0.15) is 0 Å². The van der Waals surface area contributed by atoms with Crippen molar-refractivity contribution in [2.24, 2.45) is 0 Å². The summed E-state index contributed by atoms with van der Waals surface area (Å²) >= 11 is 0. The number of fused-ring (bicyclic) bond motifs is 3. The van der Waals surface area contributed by atoms with Gasteiger partial charge in [0.15, 0.2) is 17.5 Å². The molecule has 0 spiro atoms. The molecule has 0 N–H and O–H groups in total. The van der Waals surface area contributed by atoms with E-state index in [0.29, 0.717) is 17.5 Å². The largest absolute Gasteiger partial charge is 0.456 e. The van der Waals surface area contributed by atoms with E-state index in [1.165, 1.54) is 10.8 Å². The molecular formula is C47H30N4O. The van der Waals surface area contributed by atoms with Crippen LogP contribution in [0.15, 0.2) is 182 Å². The summed E-state index contributed by atoms with van der Waals surface area (Å²) < 4.78 is 6.78. The summed E-state index contributed by atoms with van der Waals surface area (Å²) in [4.78, 5) is 17.3. The lowest BCUT2D eigenvalue weighted by molar-refractivity contribution is 0.487. The molecule has 1 aliphatic heterocycles. The van der Waals surface area contributed by atoms with E-state index >= 15 is 0 Å². The first kappa shape index (κ1) is 29.8. The Morgan fingerprint density at radius 1 is 0.365 bits per heavy atom. The van der Waals surface area contributed by atoms with Crippen LogP contribution in [0.25, 0.3) is 66.8 Å². The van der Waals surface area contributed by atoms with Gasteiger partial charge in [-0.05, 0) is 70.3 Å². The van der Waals surface area contributed by atoms with E-state index in [1.54, 1.807) is 0 Å². The molecule has 244 valence electrons. The fourth-order valence-corrected chi connectivity index (χ4v) is 7.22. The van der Waals surface area contributed by atoms with Crippen LogP contribution in [0.2, 0.25) is 0 Å². The summed E-state index contributed by atoms with van der Waals surface area (Å²) in [6.45, 7) is 0. The van der Waals surface area contributed by atoms with Gasteiger partial charge < -0.3 is 9.64 Å². The Kier molecular flexibility index (Phi) is 7.07. The molecule has 5 nitrogen and oxygen atoms in total. The van der Waals surface area contributed by atoms with Gasteiger partial charge >= 0.3 is 0 Å². The highest BCUT2D eigenvalue weighted by molar-refractivity contribution is 6.09. The lowest BCUT2D eigenvalue weighted by Crippen LogP contribution is -2.10. The second-order valence-corrected chi connectivity index (χ2v) is 12.9. The molecule has 0 amide bonds. The van der Waals surface area contributed by atoms with Gasteiger partial charge in [0, 0.05) is 50.8 Å². The monoisotopic (exact) mass is 666 g/mol. The van der Waals surface area contributed by atoms with Crippen LogP contribution < -0.4 is 9.64 Å². The minimum absolute atomic E-state index is 0.617. The number of ether oxygens (including phenoxy) is 1. The number of hydrogen-bond donors (Lipinski definition) is 0. The van der Waals surface area contributed by atoms with Crippen LogP contribution >= 0.6 is 0 Å². The number of benzene rings is 8. The number of hydrogen-bond acceptors (Lipinski definition) is 5. The zero-order valence-corrected chi connectivity index (χ0v) is 28.0. The van der Waals surface area contributed by atoms with Gasteiger partial charge in [-0.1, -0.05) is 127 Å². The zero-order valence-electron chi connectivity index (χ0n) is 28.0. The molecule has 0 saturated carbocycles. The number of anilines is 3. The third-order valence-electron chi connectivity index (χ3n) is 9.68. The summed E-state index contributed by atoms with van der Waals surface area (Å²) in [5, 5.41) is 4.46. The predicted molar refractivity (Wildman–Crippen MR) is 211 cm³/mol. The Hall–Kier alpha value is -7.11. The first-order valence-electron chi connectivity index (χ1n) is 17.4. The van der Waals surface area contributed by atoms with Gasteiger partial charge in [0.05, 0.1) is 0 Å². The van der Waals surface area contributed by atoms with Crippen molar-refractivity contribution in [1.29, 1.82) is 0 Å². The Labute approximate surface area is 301 Å². The van der Waals surface area contributed by atoms with Crippen LogP contribution in [-0.4, -0.2) is 15.0 Å². The van der Waals surface area contributed by atoms with E-state index in [1.807, 2.05) is 72.8 Å². The molecule has 5 heteroatoms. The van der Waals surface area contributed by atoms with E-state index < -0.39 is 0 Å². The van der Waals surface area contributed by atoms with Crippen LogP contribution in [0.5, 0.6) is 11.5 Å². The third-order valence-corrected chi connectivity index (χ3v) is 9.68. The van der Waals surface area contributed by atoms with Crippen molar-refractivity contribution in [3.05, 3.63) is 182 Å². The second-order valence-electron chi connectivity index (χ2n) is 12.9. The zero-order chi connectivity index (χ0) is 34.4. The molecule has 2 heterocycles. The third kappa shape index (κ3) is 5.15. The van der Waals surface area contributed by atoms with E-state index in [4.69, 9.17) is 19.7 Å². The van der Waals surface area contributed by atoms with Crippen molar-refractivity contribution >= 4 is 38.6 Å². The molecule has 0 fully saturated rings. The standard InChI is InChI=1S/C47H30N4O/c1-4-14-32(15-5-1)45-48-46(33-16-6-2-7-17-33)50-47(49-45)41-27-28-42-44-39(21-12-22-40(41)44)38-26-25-37(30-43(38)52-42)51(35-19-8-3-9-20-35)36-24-23-31-13-10-11-18-34(31)29-36/h1-30H. The number of rotatable bonds is 6. The molecule has 8 aromatic carbocycles. The maximum Gasteiger partial charge on any atom is 0.164 e. The van der Waals surface area contributed by atoms with Crippen molar-refractivity contribution in [2.45, 2.75) is 0 Å². The molecule has 52 heavy (non-hydrogen) atoms. The van der Waals surface area contributed by atoms with E-state index in [9.17, 15) is 0 Å². The van der Waals surface area contributed by atoms with Crippen LogP contribution in [0, 0.1) is 0 Å². The SMILES string of the molecule is c1ccc(-c2nc(-c3ccccc3)nc(-c3ccc4c5c(cccc35)-c3ccc(N(c5ccccc5)c5ccc6ccccc6c5)cc3O4)n2)cc1. The Morgan fingerprint density at radius 3 is 1.69 bits per heavy atom. The van der Waals surface area contributed by atoms with Crippen LogP contribution in [-0.2, 0) is 0 Å². The second kappa shape index (κ2) is 12.3. The lowest BCUT2D eigenvalue weighted by atomic mass is 9.92. The normalized spacial score (nSPS) is 11.6. The average Bonchev–Trinajstić information content (AvgIpc) is 3.22. The van der Waals surface area contributed by atoms with Crippen LogP contribution in [0.3, 0.4) is 0 Å². The maximum atomic E-state index is 6.78. The number of nitrogens with zero attached hydrogens (tertiary/aromatic N) is 4. The van der Waals surface area contributed by atoms with Gasteiger partial charge in [0.1, 0.15) is 11.5 Å². The number of para-hydroxylation sites is 1. The molecule has 0 saturated heterocycles. The highest BCUT2D eigenvalue weighted by Crippen LogP contribution is 2.50. The summed E-state index contributed by atoms with van der Waals surface area (Å²) in [5.41, 5.74) is 8.11. The molecule has 0 aliphatic carbocycles. The van der Waals surface area contributed by atoms with Crippen molar-refractivity contribution in [3.63, 3.8) is 0 Å². The molecule has 0 unspecified atom stereocenters. The highest BCUT2D eigenvalue weighted by atomic mass is 16.5. The Morgan fingerprint density at radius 2 is 0.962 bits per heavy atom. The summed E-state index contributed by atoms with van der Waals surface area (Å²) in [6, 6.07) is 62.7. The molecule has 1 aromatic heterocycles. The average molecular weight is 667 g/mol. The first-order chi connectivity index (χ1) is 25.8. The van der Waals surface area contributed by atoms with E-state index in [2.05, 4.69) is 114 Å². The molecule has 0 bridgehead atoms. The predicted octanol–water partition coefficient (Wildman–Crippen LogP) is 12.4. The first-order valence-corrected chi connectivity index (χ1v) is 17.4. The summed E-state index contributed by atoms with van der Waals surface area (Å²) in [6.07, 6.45) is 0. The summed E-state index contributed by atoms with van der Waals surface area (Å²) in [7, 11) is 0. The number of aromatic nitrogens is 3. The van der Waals surface area contributed by atoms with Crippen molar-refractivity contribution in [3.8, 4) is 56.8 Å². The van der Waals surface area contributed by atoms with Gasteiger partial charge in [-0.25, -0.2) is 15.0 Å². The van der Waals surface area contributed by atoms with Crippen LogP contribution in [0.1, 0.15) is 0 Å². The van der Waals surface area contributed by atoms with Crippen molar-refractivity contribution in [2.75, 3.05) is 4.90 Å². The Bertz CT molecular complexity index is 2710. The van der Waals surface area contributed by atoms with E-state index in [0.717, 1.165) is 67.2 Å². The van der Waals surface area contributed by atoms with Crippen molar-refractivity contribution < 1.29 is 4.74 Å². The molecular weight excluding hydrogens is 637 g/mol. The fourth-order valence-electron chi connectivity index (χ4n) is 7.22. The van der Waals surface area contributed by atoms with Crippen molar-refractivity contribution in [1.82, 2.24) is 15.0 Å². The topological polar surface area (TPSA) is 51.1 Å². The lowest BCUT2D eigenvalue weighted by Gasteiger charge is -2.28. The van der Waals surface area contributed by atoms with Gasteiger partial charge in [-0.15, -0.1) is 0 Å². The molecule has 10 rings (SSSR count). The fraction of sp³-hybridized carbons (Fsp3) is 0. The molecule has 0 radical (unpaired) electrons. The minimum atomic E-state index is 0.617. The van der Waals surface area contributed by atoms with Gasteiger partial charge in [0.2, 0.25) is 0 Å². The van der Waals surface area contributed by atoms with Gasteiger partial charge in [0.25, 0.3) is 0 Å². The maximum absolute atomic E-state index is 6.78.